The van der Waals surface area contributed by atoms with Gasteiger partial charge in [-0.1, -0.05) is 0 Å². The van der Waals surface area contributed by atoms with Gasteiger partial charge in [-0.25, -0.2) is 4.39 Å². The van der Waals surface area contributed by atoms with Crippen LogP contribution >= 0.6 is 0 Å². The number of halogens is 1. The normalized spacial score (nSPS) is 9.31. The molecule has 0 bridgehead atoms. The Labute approximate surface area is 75.4 Å². The number of hydrogen-bond acceptors (Lipinski definition) is 3. The Morgan fingerprint density at radius 2 is 2.31 bits per heavy atom. The maximum Gasteiger partial charge on any atom is 0.124 e. The van der Waals surface area contributed by atoms with E-state index in [-0.39, 0.29) is 12.2 Å². The molecule has 0 unspecified atom stereocenters. The van der Waals surface area contributed by atoms with Gasteiger partial charge in [0.05, 0.1) is 17.9 Å². The van der Waals surface area contributed by atoms with Crippen molar-refractivity contribution in [2.75, 3.05) is 18.5 Å². The third kappa shape index (κ3) is 2.42. The second-order valence-corrected chi connectivity index (χ2v) is 2.45. The number of aliphatic hydroxyl groups excluding tert-OH is 1. The van der Waals surface area contributed by atoms with Crippen molar-refractivity contribution >= 4 is 5.69 Å². The average molecular weight is 180 g/mol. The summed E-state index contributed by atoms with van der Waals surface area (Å²) in [6, 6.07) is 5.75. The number of aliphatic hydroxyl groups is 1. The number of benzene rings is 1. The van der Waals surface area contributed by atoms with Crippen LogP contribution in [0, 0.1) is 17.1 Å². The summed E-state index contributed by atoms with van der Waals surface area (Å²) in [4.78, 5) is 0. The summed E-state index contributed by atoms with van der Waals surface area (Å²) in [6.07, 6.45) is 0. The zero-order valence-electron chi connectivity index (χ0n) is 6.92. The van der Waals surface area contributed by atoms with Crippen molar-refractivity contribution in [3.8, 4) is 6.07 Å². The number of anilines is 1. The molecule has 0 saturated carbocycles. The molecule has 0 radical (unpaired) electrons. The van der Waals surface area contributed by atoms with E-state index < -0.39 is 5.82 Å². The molecule has 0 heterocycles. The van der Waals surface area contributed by atoms with Gasteiger partial charge >= 0.3 is 0 Å². The van der Waals surface area contributed by atoms with E-state index in [1.165, 1.54) is 12.1 Å². The molecule has 1 rings (SSSR count). The van der Waals surface area contributed by atoms with Gasteiger partial charge in [-0.3, -0.25) is 0 Å². The van der Waals surface area contributed by atoms with Gasteiger partial charge in [0, 0.05) is 6.54 Å². The summed E-state index contributed by atoms with van der Waals surface area (Å²) in [5.74, 6) is -0.439. The SMILES string of the molecule is N#Cc1cc(F)ccc1NCCO. The van der Waals surface area contributed by atoms with Gasteiger partial charge in [0.25, 0.3) is 0 Å². The van der Waals surface area contributed by atoms with Gasteiger partial charge in [-0.05, 0) is 18.2 Å². The summed E-state index contributed by atoms with van der Waals surface area (Å²) >= 11 is 0. The quantitative estimate of drug-likeness (QED) is 0.732. The van der Waals surface area contributed by atoms with Crippen LogP contribution in [0.4, 0.5) is 10.1 Å². The van der Waals surface area contributed by atoms with Crippen molar-refractivity contribution in [3.05, 3.63) is 29.6 Å². The first kappa shape index (κ1) is 9.49. The van der Waals surface area contributed by atoms with Crippen LogP contribution in [0.25, 0.3) is 0 Å². The molecule has 0 fully saturated rings. The first-order valence-corrected chi connectivity index (χ1v) is 3.82. The molecule has 1 aromatic carbocycles. The highest BCUT2D eigenvalue weighted by Crippen LogP contribution is 2.15. The van der Waals surface area contributed by atoms with E-state index in [4.69, 9.17) is 10.4 Å². The van der Waals surface area contributed by atoms with Crippen LogP contribution in [0.15, 0.2) is 18.2 Å². The van der Waals surface area contributed by atoms with Crippen molar-refractivity contribution in [3.63, 3.8) is 0 Å². The molecule has 0 atom stereocenters. The minimum atomic E-state index is -0.439. The fourth-order valence-electron chi connectivity index (χ4n) is 0.954. The minimum absolute atomic E-state index is 0.0256. The Hall–Kier alpha value is -1.60. The first-order valence-electron chi connectivity index (χ1n) is 3.82. The van der Waals surface area contributed by atoms with E-state index in [9.17, 15) is 4.39 Å². The fraction of sp³-hybridized carbons (Fsp3) is 0.222. The van der Waals surface area contributed by atoms with Crippen LogP contribution in [-0.2, 0) is 0 Å². The van der Waals surface area contributed by atoms with Gasteiger partial charge in [0.15, 0.2) is 0 Å². The van der Waals surface area contributed by atoms with E-state index in [0.717, 1.165) is 6.07 Å². The molecule has 0 amide bonds. The summed E-state index contributed by atoms with van der Waals surface area (Å²) < 4.78 is 12.6. The van der Waals surface area contributed by atoms with Crippen molar-refractivity contribution in [2.24, 2.45) is 0 Å². The number of rotatable bonds is 3. The monoisotopic (exact) mass is 180 g/mol. The predicted octanol–water partition coefficient (Wildman–Crippen LogP) is 1.10. The van der Waals surface area contributed by atoms with Gasteiger partial charge in [-0.2, -0.15) is 5.26 Å². The highest BCUT2D eigenvalue weighted by Gasteiger charge is 2.01. The number of hydrogen-bond donors (Lipinski definition) is 2. The van der Waals surface area contributed by atoms with E-state index >= 15 is 0 Å². The topological polar surface area (TPSA) is 56.0 Å². The highest BCUT2D eigenvalue weighted by molar-refractivity contribution is 5.57. The van der Waals surface area contributed by atoms with Crippen LogP contribution in [0.2, 0.25) is 0 Å². The molecular weight excluding hydrogens is 171 g/mol. The molecule has 4 heteroatoms. The van der Waals surface area contributed by atoms with E-state index in [0.29, 0.717) is 12.2 Å². The van der Waals surface area contributed by atoms with Crippen LogP contribution in [0.3, 0.4) is 0 Å². The molecule has 68 valence electrons. The zero-order chi connectivity index (χ0) is 9.68. The maximum atomic E-state index is 12.6. The average Bonchev–Trinajstić information content (AvgIpc) is 2.16. The lowest BCUT2D eigenvalue weighted by Gasteiger charge is -2.05. The van der Waals surface area contributed by atoms with Crippen molar-refractivity contribution in [2.45, 2.75) is 0 Å². The van der Waals surface area contributed by atoms with Gasteiger partial charge in [0.2, 0.25) is 0 Å². The first-order chi connectivity index (χ1) is 6.27. The third-order valence-corrected chi connectivity index (χ3v) is 1.53. The minimum Gasteiger partial charge on any atom is -0.395 e. The van der Waals surface area contributed by atoms with Crippen LogP contribution in [0.5, 0.6) is 0 Å². The fourth-order valence-corrected chi connectivity index (χ4v) is 0.954. The Kier molecular flexibility index (Phi) is 3.23. The molecule has 0 saturated heterocycles. The molecule has 3 nitrogen and oxygen atoms in total. The molecular formula is C9H9FN2O. The van der Waals surface area contributed by atoms with E-state index in [1.54, 1.807) is 0 Å². The smallest absolute Gasteiger partial charge is 0.124 e. The summed E-state index contributed by atoms with van der Waals surface area (Å²) in [6.45, 7) is 0.322. The molecule has 0 aliphatic carbocycles. The lowest BCUT2D eigenvalue weighted by atomic mass is 10.2. The second kappa shape index (κ2) is 4.43. The number of nitrogens with one attached hydrogen (secondary N) is 1. The summed E-state index contributed by atoms with van der Waals surface area (Å²) in [5.41, 5.74) is 0.784. The molecule has 0 spiro atoms. The van der Waals surface area contributed by atoms with Crippen molar-refractivity contribution in [1.29, 1.82) is 5.26 Å². The molecule has 1 aromatic rings. The molecule has 0 aliphatic heterocycles. The largest absolute Gasteiger partial charge is 0.395 e. The Bertz CT molecular complexity index is 333. The van der Waals surface area contributed by atoms with Crippen LogP contribution in [0.1, 0.15) is 5.56 Å². The molecule has 0 aromatic heterocycles. The van der Waals surface area contributed by atoms with Crippen molar-refractivity contribution in [1.82, 2.24) is 0 Å². The van der Waals surface area contributed by atoms with Gasteiger partial charge in [-0.15, -0.1) is 0 Å². The Morgan fingerprint density at radius 3 is 2.92 bits per heavy atom. The van der Waals surface area contributed by atoms with Crippen LogP contribution < -0.4 is 5.32 Å². The zero-order valence-corrected chi connectivity index (χ0v) is 6.92. The van der Waals surface area contributed by atoms with E-state index in [2.05, 4.69) is 5.32 Å². The van der Waals surface area contributed by atoms with E-state index in [1.807, 2.05) is 6.07 Å². The predicted molar refractivity (Wildman–Crippen MR) is 46.7 cm³/mol. The van der Waals surface area contributed by atoms with Gasteiger partial charge in [0.1, 0.15) is 11.9 Å². The summed E-state index contributed by atoms with van der Waals surface area (Å²) in [7, 11) is 0. The number of nitriles is 1. The van der Waals surface area contributed by atoms with Crippen LogP contribution in [-0.4, -0.2) is 18.3 Å². The number of nitrogens with zero attached hydrogens (tertiary/aromatic N) is 1. The maximum absolute atomic E-state index is 12.6. The summed E-state index contributed by atoms with van der Waals surface area (Å²) in [5, 5.41) is 20.0. The van der Waals surface area contributed by atoms with Gasteiger partial charge < -0.3 is 10.4 Å². The Morgan fingerprint density at radius 1 is 1.54 bits per heavy atom. The lowest BCUT2D eigenvalue weighted by Crippen LogP contribution is -2.06. The molecule has 0 aliphatic rings. The third-order valence-electron chi connectivity index (χ3n) is 1.53. The standard InChI is InChI=1S/C9H9FN2O/c10-8-1-2-9(12-3-4-13)7(5-8)6-11/h1-2,5,12-13H,3-4H2. The molecule has 2 N–H and O–H groups in total. The lowest BCUT2D eigenvalue weighted by molar-refractivity contribution is 0.311. The molecule has 13 heavy (non-hydrogen) atoms. The van der Waals surface area contributed by atoms with Crippen molar-refractivity contribution < 1.29 is 9.50 Å². The second-order valence-electron chi connectivity index (χ2n) is 2.45. The Balaban J connectivity index is 2.88. The highest BCUT2D eigenvalue weighted by atomic mass is 19.1.